The van der Waals surface area contributed by atoms with E-state index in [4.69, 9.17) is 0 Å². The molecule has 4 heteroatoms. The summed E-state index contributed by atoms with van der Waals surface area (Å²) in [7, 11) is 1.86. The van der Waals surface area contributed by atoms with Crippen LogP contribution >= 0.6 is 24.8 Å². The van der Waals surface area contributed by atoms with Crippen molar-refractivity contribution in [2.75, 3.05) is 0 Å². The van der Waals surface area contributed by atoms with Crippen LogP contribution in [0.5, 0.6) is 0 Å². The zero-order valence-electron chi connectivity index (χ0n) is 17.8. The maximum absolute atomic E-state index is 3.38. The molecule has 0 N–H and O–H groups in total. The molecule has 0 spiro atoms. The Bertz CT molecular complexity index is 397. The van der Waals surface area contributed by atoms with Gasteiger partial charge in [0.15, 0.2) is 0 Å². The van der Waals surface area contributed by atoms with Crippen molar-refractivity contribution < 1.29 is 19.2 Å². The third-order valence-electron chi connectivity index (χ3n) is 3.79. The molecule has 0 aromatic carbocycles. The van der Waals surface area contributed by atoms with E-state index in [1.807, 2.05) is 26.8 Å². The summed E-state index contributed by atoms with van der Waals surface area (Å²) in [6, 6.07) is 0. The fourth-order valence-electron chi connectivity index (χ4n) is 2.46. The van der Waals surface area contributed by atoms with Gasteiger partial charge in [0.1, 0.15) is 0 Å². The van der Waals surface area contributed by atoms with Crippen molar-refractivity contribution in [3.63, 3.8) is 0 Å². The van der Waals surface area contributed by atoms with Crippen molar-refractivity contribution in [1.82, 2.24) is 0 Å². The van der Waals surface area contributed by atoms with E-state index in [0.29, 0.717) is 0 Å². The van der Waals surface area contributed by atoms with Crippen LogP contribution in [0.15, 0.2) is 34.4 Å². The predicted octanol–water partition coefficient (Wildman–Crippen LogP) is 7.34. The van der Waals surface area contributed by atoms with Gasteiger partial charge in [0, 0.05) is 0 Å². The molecule has 0 aromatic rings. The fraction of sp³-hybridized carbons (Fsp3) is 0.545. The number of halogens is 2. The summed E-state index contributed by atoms with van der Waals surface area (Å²) < 4.78 is 0. The minimum atomic E-state index is 0. The van der Waals surface area contributed by atoms with Gasteiger partial charge in [-0.15, -0.1) is 37.7 Å². The van der Waals surface area contributed by atoms with Gasteiger partial charge in [-0.05, 0) is 0 Å². The van der Waals surface area contributed by atoms with Gasteiger partial charge < -0.3 is 14.9 Å². The summed E-state index contributed by atoms with van der Waals surface area (Å²) in [5.41, 5.74) is 5.95. The van der Waals surface area contributed by atoms with E-state index in [9.17, 15) is 0 Å². The van der Waals surface area contributed by atoms with Gasteiger partial charge in [-0.25, -0.2) is 23.3 Å². The molecule has 26 heavy (non-hydrogen) atoms. The van der Waals surface area contributed by atoms with E-state index in [0.717, 1.165) is 12.8 Å². The Morgan fingerprint density at radius 1 is 0.769 bits per heavy atom. The summed E-state index contributed by atoms with van der Waals surface area (Å²) in [5.74, 6) is 0. The molecule has 2 aliphatic carbocycles. The quantitative estimate of drug-likeness (QED) is 0.293. The SMILES string of the molecule is CCCC1=[C-]CC(CC)=C1.CCCC1=[C-]CC(CC)=C1.Cl.Cl.[CH3-].[CH3-].[SiH2]=[Ti]. The molecule has 0 nitrogen and oxygen atoms in total. The zero-order chi connectivity index (χ0) is 16.8. The van der Waals surface area contributed by atoms with Crippen molar-refractivity contribution in [3.8, 4) is 0 Å². The minimum absolute atomic E-state index is 0. The molecule has 0 bridgehead atoms. The first kappa shape index (κ1) is 37.3. The van der Waals surface area contributed by atoms with E-state index in [1.54, 1.807) is 11.1 Å². The van der Waals surface area contributed by atoms with Gasteiger partial charge in [0.2, 0.25) is 0 Å². The van der Waals surface area contributed by atoms with E-state index in [1.165, 1.54) is 49.7 Å². The Labute approximate surface area is 191 Å². The zero-order valence-corrected chi connectivity index (χ0v) is 22.4. The molecule has 0 unspecified atom stereocenters. The summed E-state index contributed by atoms with van der Waals surface area (Å²) in [6.45, 7) is 8.85. The molecule has 0 saturated carbocycles. The average molecular weight is 451 g/mol. The Kier molecular flexibility index (Phi) is 36.5. The fourth-order valence-corrected chi connectivity index (χ4v) is 2.46. The van der Waals surface area contributed by atoms with E-state index in [-0.39, 0.29) is 39.7 Å². The third kappa shape index (κ3) is 16.6. The topological polar surface area (TPSA) is 0 Å². The van der Waals surface area contributed by atoms with Crippen LogP contribution in [0.25, 0.3) is 0 Å². The molecule has 2 rings (SSSR count). The second-order valence-corrected chi connectivity index (χ2v) is 5.57. The Morgan fingerprint density at radius 3 is 1.27 bits per heavy atom. The van der Waals surface area contributed by atoms with Gasteiger partial charge in [-0.1, -0.05) is 66.2 Å². The Hall–Kier alpha value is 0.471. The molecule has 154 valence electrons. The van der Waals surface area contributed by atoms with Crippen LogP contribution < -0.4 is 0 Å². The van der Waals surface area contributed by atoms with Crippen LogP contribution in [0.2, 0.25) is 0 Å². The molecule has 0 atom stereocenters. The maximum atomic E-state index is 3.38. The molecular formula is C22H40Cl2SiTi-4. The van der Waals surface area contributed by atoms with Crippen LogP contribution in [0.1, 0.15) is 79.1 Å². The molecular weight excluding hydrogens is 411 g/mol. The third-order valence-corrected chi connectivity index (χ3v) is 3.79. The molecule has 0 saturated heterocycles. The second kappa shape index (κ2) is 25.5. The molecule has 0 heterocycles. The first-order chi connectivity index (χ1) is 10.7. The standard InChI is InChI=1S/2C10H15.2CH3.2ClH.H2Si.Ti/c2*1-3-5-10-7-6-9(4-2)8-10;;;;;;/h2*8H,3-6H2,1-2H3;2*1H3;2*1H;1H2;/q4*-1;;;;. The van der Waals surface area contributed by atoms with E-state index >= 15 is 0 Å². The first-order valence-corrected chi connectivity index (χ1v) is 12.7. The van der Waals surface area contributed by atoms with Crippen LogP contribution in [0.3, 0.4) is 0 Å². The predicted molar refractivity (Wildman–Crippen MR) is 125 cm³/mol. The van der Waals surface area contributed by atoms with Crippen molar-refractivity contribution >= 4 is 32.4 Å². The number of hydrogen-bond donors (Lipinski definition) is 0. The molecule has 0 aromatic heterocycles. The van der Waals surface area contributed by atoms with Gasteiger partial charge in [0.25, 0.3) is 0 Å². The van der Waals surface area contributed by atoms with Gasteiger partial charge >= 0.3 is 26.8 Å². The Morgan fingerprint density at radius 2 is 1.08 bits per heavy atom. The second-order valence-electron chi connectivity index (χ2n) is 5.57. The normalized spacial score (nSPS) is 13.2. The van der Waals surface area contributed by atoms with Gasteiger partial charge in [-0.2, -0.15) is 11.1 Å². The van der Waals surface area contributed by atoms with E-state index < -0.39 is 0 Å². The van der Waals surface area contributed by atoms with Crippen LogP contribution in [0.4, 0.5) is 0 Å². The number of allylic oxidation sites excluding steroid dienone is 8. The molecule has 2 aliphatic rings. The van der Waals surface area contributed by atoms with Crippen molar-refractivity contribution in [2.45, 2.75) is 79.1 Å². The summed E-state index contributed by atoms with van der Waals surface area (Å²) in [5, 5.41) is 0. The number of hydrogen-bond acceptors (Lipinski definition) is 0. The van der Waals surface area contributed by atoms with E-state index in [2.05, 4.69) is 52.0 Å². The van der Waals surface area contributed by atoms with Crippen LogP contribution in [-0.2, 0) is 19.2 Å². The van der Waals surface area contributed by atoms with Crippen molar-refractivity contribution in [2.24, 2.45) is 0 Å². The molecule has 0 aliphatic heterocycles. The average Bonchev–Trinajstić information content (AvgIpc) is 3.20. The monoisotopic (exact) mass is 450 g/mol. The molecule has 0 fully saturated rings. The Balaban J connectivity index is -0.0000000904. The van der Waals surface area contributed by atoms with Gasteiger partial charge in [-0.3, -0.25) is 12.2 Å². The summed E-state index contributed by atoms with van der Waals surface area (Å²) >= 11 is 2.03. The summed E-state index contributed by atoms with van der Waals surface area (Å²) in [4.78, 5) is 0. The van der Waals surface area contributed by atoms with Crippen molar-refractivity contribution in [3.05, 3.63) is 61.4 Å². The van der Waals surface area contributed by atoms with Crippen LogP contribution in [0, 0.1) is 27.0 Å². The summed E-state index contributed by atoms with van der Waals surface area (Å²) in [6.07, 6.45) is 20.9. The number of rotatable bonds is 6. The first-order valence-electron chi connectivity index (χ1n) is 8.67. The molecule has 0 radical (unpaired) electrons. The molecule has 0 amide bonds. The van der Waals surface area contributed by atoms with Crippen LogP contribution in [-0.4, -0.2) is 7.63 Å². The van der Waals surface area contributed by atoms with Crippen molar-refractivity contribution in [1.29, 1.82) is 0 Å². The van der Waals surface area contributed by atoms with Gasteiger partial charge in [0.05, 0.1) is 0 Å².